The summed E-state index contributed by atoms with van der Waals surface area (Å²) in [5, 5.41) is 3.98. The third-order valence-corrected chi connectivity index (χ3v) is 3.16. The molecule has 132 valence electrons. The molecular weight excluding hydrogens is 318 g/mol. The summed E-state index contributed by atoms with van der Waals surface area (Å²) in [5.74, 6) is 1.50. The van der Waals surface area contributed by atoms with E-state index in [4.69, 9.17) is 9.47 Å². The highest BCUT2D eigenvalue weighted by Gasteiger charge is 2.07. The van der Waals surface area contributed by atoms with Gasteiger partial charge in [-0.15, -0.1) is 0 Å². The van der Waals surface area contributed by atoms with Crippen LogP contribution in [0.5, 0.6) is 11.5 Å². The lowest BCUT2D eigenvalue weighted by Gasteiger charge is -2.13. The van der Waals surface area contributed by atoms with Crippen molar-refractivity contribution in [3.63, 3.8) is 0 Å². The van der Waals surface area contributed by atoms with Crippen LogP contribution in [-0.2, 0) is 0 Å². The van der Waals surface area contributed by atoms with Gasteiger partial charge in [0.15, 0.2) is 11.5 Å². The van der Waals surface area contributed by atoms with Gasteiger partial charge in [0.1, 0.15) is 0 Å². The van der Waals surface area contributed by atoms with Crippen LogP contribution in [0.15, 0.2) is 47.8 Å². The maximum Gasteiger partial charge on any atom is 0.271 e. The summed E-state index contributed by atoms with van der Waals surface area (Å²) in [6.45, 7) is 7.26. The fourth-order valence-corrected chi connectivity index (χ4v) is 1.98. The van der Waals surface area contributed by atoms with Crippen LogP contribution < -0.4 is 14.9 Å². The molecule has 1 heterocycles. The van der Waals surface area contributed by atoms with Crippen molar-refractivity contribution in [1.29, 1.82) is 0 Å². The summed E-state index contributed by atoms with van der Waals surface area (Å²) in [4.78, 5) is 15.8. The highest BCUT2D eigenvalue weighted by Crippen LogP contribution is 2.28. The number of benzene rings is 1. The fraction of sp³-hybridized carbons (Fsp3) is 0.316. The minimum absolute atomic E-state index is 0.291. The van der Waals surface area contributed by atoms with Crippen LogP contribution in [-0.4, -0.2) is 30.3 Å². The molecule has 25 heavy (non-hydrogen) atoms. The zero-order valence-electron chi connectivity index (χ0n) is 14.7. The molecule has 0 saturated heterocycles. The van der Waals surface area contributed by atoms with Gasteiger partial charge in [0.05, 0.1) is 19.4 Å². The topological polar surface area (TPSA) is 72.8 Å². The molecule has 1 amide bonds. The van der Waals surface area contributed by atoms with Crippen LogP contribution in [0.25, 0.3) is 0 Å². The fourth-order valence-electron chi connectivity index (χ4n) is 1.98. The number of hydrazone groups is 1. The van der Waals surface area contributed by atoms with Gasteiger partial charge in [0.25, 0.3) is 5.91 Å². The first-order valence-corrected chi connectivity index (χ1v) is 8.23. The first kappa shape index (κ1) is 18.4. The van der Waals surface area contributed by atoms with Crippen molar-refractivity contribution in [2.45, 2.75) is 20.8 Å². The van der Waals surface area contributed by atoms with Crippen molar-refractivity contribution in [3.8, 4) is 11.5 Å². The number of nitrogens with zero attached hydrogens (tertiary/aromatic N) is 2. The van der Waals surface area contributed by atoms with Crippen molar-refractivity contribution in [2.24, 2.45) is 11.0 Å². The highest BCUT2D eigenvalue weighted by atomic mass is 16.5. The Bertz CT molecular complexity index is 715. The van der Waals surface area contributed by atoms with Crippen LogP contribution in [0.2, 0.25) is 0 Å². The molecule has 2 rings (SSSR count). The second kappa shape index (κ2) is 9.42. The molecule has 0 aliphatic rings. The second-order valence-electron chi connectivity index (χ2n) is 5.78. The van der Waals surface area contributed by atoms with Gasteiger partial charge in [-0.3, -0.25) is 9.78 Å². The lowest BCUT2D eigenvalue weighted by molar-refractivity contribution is 0.0955. The number of hydrogen-bond donors (Lipinski definition) is 1. The molecule has 0 saturated carbocycles. The molecule has 0 bridgehead atoms. The van der Waals surface area contributed by atoms with E-state index in [2.05, 4.69) is 29.4 Å². The number of nitrogens with one attached hydrogen (secondary N) is 1. The van der Waals surface area contributed by atoms with Gasteiger partial charge in [0.2, 0.25) is 0 Å². The van der Waals surface area contributed by atoms with Crippen LogP contribution in [0.3, 0.4) is 0 Å². The minimum atomic E-state index is -0.291. The number of rotatable bonds is 8. The Kier molecular flexibility index (Phi) is 6.95. The van der Waals surface area contributed by atoms with E-state index in [0.29, 0.717) is 36.2 Å². The van der Waals surface area contributed by atoms with Crippen LogP contribution >= 0.6 is 0 Å². The molecule has 1 N–H and O–H groups in total. The van der Waals surface area contributed by atoms with Gasteiger partial charge < -0.3 is 9.47 Å². The third-order valence-electron chi connectivity index (χ3n) is 3.16. The molecule has 0 spiro atoms. The molecule has 1 aromatic heterocycles. The number of ether oxygens (including phenoxy) is 2. The Labute approximate surface area is 147 Å². The summed E-state index contributed by atoms with van der Waals surface area (Å²) in [6, 6.07) is 8.79. The van der Waals surface area contributed by atoms with E-state index >= 15 is 0 Å². The quantitative estimate of drug-likeness (QED) is 0.591. The molecule has 0 atom stereocenters. The summed E-state index contributed by atoms with van der Waals surface area (Å²) in [5.41, 5.74) is 3.79. The van der Waals surface area contributed by atoms with E-state index in [0.717, 1.165) is 5.56 Å². The van der Waals surface area contributed by atoms with Gasteiger partial charge in [-0.05, 0) is 48.7 Å². The van der Waals surface area contributed by atoms with Crippen molar-refractivity contribution >= 4 is 12.1 Å². The molecular formula is C19H23N3O3. The van der Waals surface area contributed by atoms with Gasteiger partial charge >= 0.3 is 0 Å². The molecule has 0 radical (unpaired) electrons. The molecule has 0 unspecified atom stereocenters. The maximum atomic E-state index is 11.9. The average molecular weight is 341 g/mol. The number of hydrogen-bond acceptors (Lipinski definition) is 5. The standard InChI is InChI=1S/C19H23N3O3/c1-4-24-18-11-15(5-6-17(18)25-13-14(2)3)12-21-22-19(23)16-7-9-20-10-8-16/h5-12,14H,4,13H2,1-3H3,(H,22,23)/b21-12-. The first-order valence-electron chi connectivity index (χ1n) is 8.23. The molecule has 1 aromatic carbocycles. The molecule has 2 aromatic rings. The monoisotopic (exact) mass is 341 g/mol. The number of carbonyl (C=O) groups excluding carboxylic acids is 1. The van der Waals surface area contributed by atoms with Crippen molar-refractivity contribution in [2.75, 3.05) is 13.2 Å². The van der Waals surface area contributed by atoms with Crippen LogP contribution in [0, 0.1) is 5.92 Å². The Morgan fingerprint density at radius 1 is 1.20 bits per heavy atom. The zero-order chi connectivity index (χ0) is 18.1. The molecule has 6 heteroatoms. The maximum absolute atomic E-state index is 11.9. The van der Waals surface area contributed by atoms with E-state index in [-0.39, 0.29) is 5.91 Å². The lowest BCUT2D eigenvalue weighted by atomic mass is 10.2. The SMILES string of the molecule is CCOc1cc(/C=N\NC(=O)c2ccncc2)ccc1OCC(C)C. The predicted octanol–water partition coefficient (Wildman–Crippen LogP) is 3.28. The minimum Gasteiger partial charge on any atom is -0.490 e. The second-order valence-corrected chi connectivity index (χ2v) is 5.78. The van der Waals surface area contributed by atoms with Crippen LogP contribution in [0.4, 0.5) is 0 Å². The van der Waals surface area contributed by atoms with Gasteiger partial charge in [-0.25, -0.2) is 5.43 Å². The largest absolute Gasteiger partial charge is 0.490 e. The van der Waals surface area contributed by atoms with E-state index in [1.807, 2.05) is 25.1 Å². The Morgan fingerprint density at radius 3 is 2.64 bits per heavy atom. The summed E-state index contributed by atoms with van der Waals surface area (Å²) >= 11 is 0. The average Bonchev–Trinajstić information content (AvgIpc) is 2.62. The highest BCUT2D eigenvalue weighted by molar-refractivity contribution is 5.94. The zero-order valence-corrected chi connectivity index (χ0v) is 14.7. The third kappa shape index (κ3) is 5.91. The van der Waals surface area contributed by atoms with E-state index < -0.39 is 0 Å². The number of carbonyl (C=O) groups is 1. The smallest absolute Gasteiger partial charge is 0.271 e. The summed E-state index contributed by atoms with van der Waals surface area (Å²) in [6.07, 6.45) is 4.68. The van der Waals surface area contributed by atoms with Crippen molar-refractivity contribution in [1.82, 2.24) is 10.4 Å². The predicted molar refractivity (Wildman–Crippen MR) is 97.2 cm³/mol. The number of aromatic nitrogens is 1. The van der Waals surface area contributed by atoms with Crippen molar-refractivity contribution in [3.05, 3.63) is 53.9 Å². The van der Waals surface area contributed by atoms with E-state index in [1.165, 1.54) is 0 Å². The number of pyridine rings is 1. The van der Waals surface area contributed by atoms with E-state index in [1.54, 1.807) is 30.7 Å². The molecule has 0 aliphatic heterocycles. The first-order chi connectivity index (χ1) is 12.1. The Hall–Kier alpha value is -2.89. The molecule has 0 fully saturated rings. The van der Waals surface area contributed by atoms with Crippen LogP contribution in [0.1, 0.15) is 36.7 Å². The van der Waals surface area contributed by atoms with Gasteiger partial charge in [0, 0.05) is 18.0 Å². The van der Waals surface area contributed by atoms with Gasteiger partial charge in [-0.2, -0.15) is 5.10 Å². The summed E-state index contributed by atoms with van der Waals surface area (Å²) < 4.78 is 11.4. The summed E-state index contributed by atoms with van der Waals surface area (Å²) in [7, 11) is 0. The van der Waals surface area contributed by atoms with Gasteiger partial charge in [-0.1, -0.05) is 13.8 Å². The lowest BCUT2D eigenvalue weighted by Crippen LogP contribution is -2.17. The molecule has 6 nitrogen and oxygen atoms in total. The Morgan fingerprint density at radius 2 is 1.96 bits per heavy atom. The Balaban J connectivity index is 2.03. The van der Waals surface area contributed by atoms with Crippen molar-refractivity contribution < 1.29 is 14.3 Å². The van der Waals surface area contributed by atoms with E-state index in [9.17, 15) is 4.79 Å². The molecule has 0 aliphatic carbocycles. The normalized spacial score (nSPS) is 10.9. The number of amides is 1.